The largest absolute Gasteiger partial charge is 0.508 e. The Balaban J connectivity index is 2.25. The molecule has 0 bridgehead atoms. The van der Waals surface area contributed by atoms with Crippen LogP contribution in [-0.2, 0) is 41.6 Å². The summed E-state index contributed by atoms with van der Waals surface area (Å²) >= 11 is 0. The molecule has 40 heavy (non-hydrogen) atoms. The van der Waals surface area contributed by atoms with E-state index in [0.717, 1.165) is 0 Å². The Morgan fingerprint density at radius 1 is 0.850 bits per heavy atom. The van der Waals surface area contributed by atoms with Crippen LogP contribution in [0.1, 0.15) is 30.5 Å². The van der Waals surface area contributed by atoms with Gasteiger partial charge in [-0.3, -0.25) is 24.0 Å². The number of aliphatic carboxylic acids is 1. The summed E-state index contributed by atoms with van der Waals surface area (Å²) in [4.78, 5) is 79.8. The van der Waals surface area contributed by atoms with Crippen molar-refractivity contribution in [2.24, 2.45) is 17.2 Å². The highest BCUT2D eigenvalue weighted by Crippen LogP contribution is 2.12. The molecule has 1 aromatic carbocycles. The van der Waals surface area contributed by atoms with Gasteiger partial charge in [0, 0.05) is 31.2 Å². The van der Waals surface area contributed by atoms with Gasteiger partial charge in [0.05, 0.1) is 18.8 Å². The number of H-pyrrole nitrogens is 1. The van der Waals surface area contributed by atoms with Gasteiger partial charge < -0.3 is 48.3 Å². The zero-order chi connectivity index (χ0) is 29.8. The molecule has 0 fully saturated rings. The fourth-order valence-electron chi connectivity index (χ4n) is 3.58. The number of nitrogens with two attached hydrogens (primary N) is 3. The second-order valence-electron chi connectivity index (χ2n) is 8.96. The fraction of sp³-hybridized carbons (Fsp3) is 0.375. The number of imidazole rings is 1. The summed E-state index contributed by atoms with van der Waals surface area (Å²) in [6.45, 7) is 0. The summed E-state index contributed by atoms with van der Waals surface area (Å²) in [6.07, 6.45) is 1.37. The van der Waals surface area contributed by atoms with Crippen LogP contribution in [0.3, 0.4) is 0 Å². The van der Waals surface area contributed by atoms with E-state index in [9.17, 15) is 39.0 Å². The lowest BCUT2D eigenvalue weighted by Gasteiger charge is -2.25. The number of phenolic OH excluding ortho intramolecular Hbond substituents is 1. The normalized spacial score (nSPS) is 13.7. The number of aromatic hydroxyl groups is 1. The standard InChI is InChI=1S/C24H32N8O8/c25-15(9-20(27)35)21(36)31-17(7-12-1-3-14(33)4-2-12)23(38)30-16(5-6-19(26)34)22(37)32-18(24(39)40)8-13-10-28-11-29-13/h1-4,10-11,15-18,33H,5-9,25H2,(H2,26,34)(H2,27,35)(H,28,29)(H,30,38)(H,31,36)(H,32,37)(H,39,40). The predicted octanol–water partition coefficient (Wildman–Crippen LogP) is -3.09. The number of primary amides is 2. The summed E-state index contributed by atoms with van der Waals surface area (Å²) in [6, 6.07) is 0.201. The Kier molecular flexibility index (Phi) is 11.6. The molecule has 1 heterocycles. The molecule has 2 rings (SSSR count). The molecule has 0 saturated heterocycles. The Bertz CT molecular complexity index is 1200. The van der Waals surface area contributed by atoms with Gasteiger partial charge in [-0.05, 0) is 24.1 Å². The summed E-state index contributed by atoms with van der Waals surface area (Å²) in [5.41, 5.74) is 16.9. The Hall–Kier alpha value is -4.99. The maximum absolute atomic E-state index is 13.3. The van der Waals surface area contributed by atoms with Gasteiger partial charge in [0.25, 0.3) is 0 Å². The van der Waals surface area contributed by atoms with Crippen LogP contribution in [0.25, 0.3) is 0 Å². The Morgan fingerprint density at radius 2 is 1.45 bits per heavy atom. The molecular weight excluding hydrogens is 528 g/mol. The highest BCUT2D eigenvalue weighted by atomic mass is 16.4. The quantitative estimate of drug-likeness (QED) is 0.0996. The fourth-order valence-corrected chi connectivity index (χ4v) is 3.58. The zero-order valence-electron chi connectivity index (χ0n) is 21.3. The van der Waals surface area contributed by atoms with Crippen LogP contribution in [0.5, 0.6) is 5.75 Å². The first-order chi connectivity index (χ1) is 18.8. The third kappa shape index (κ3) is 10.4. The van der Waals surface area contributed by atoms with Crippen LogP contribution < -0.4 is 33.2 Å². The zero-order valence-corrected chi connectivity index (χ0v) is 21.3. The average molecular weight is 561 g/mol. The van der Waals surface area contributed by atoms with E-state index in [1.54, 1.807) is 0 Å². The van der Waals surface area contributed by atoms with Gasteiger partial charge in [-0.25, -0.2) is 9.78 Å². The van der Waals surface area contributed by atoms with Crippen molar-refractivity contribution in [3.63, 3.8) is 0 Å². The predicted molar refractivity (Wildman–Crippen MR) is 138 cm³/mol. The maximum Gasteiger partial charge on any atom is 0.326 e. The minimum absolute atomic E-state index is 0.0384. The number of carboxylic acids is 1. The number of rotatable bonds is 16. The number of benzene rings is 1. The lowest BCUT2D eigenvalue weighted by molar-refractivity contribution is -0.142. The highest BCUT2D eigenvalue weighted by Gasteiger charge is 2.31. The first kappa shape index (κ1) is 31.2. The molecule has 0 spiro atoms. The molecule has 0 saturated carbocycles. The summed E-state index contributed by atoms with van der Waals surface area (Å²) in [7, 11) is 0. The van der Waals surface area contributed by atoms with Crippen LogP contribution in [-0.4, -0.2) is 79.9 Å². The van der Waals surface area contributed by atoms with E-state index in [1.165, 1.54) is 36.8 Å². The van der Waals surface area contributed by atoms with Crippen molar-refractivity contribution in [2.75, 3.05) is 0 Å². The van der Waals surface area contributed by atoms with Crippen LogP contribution in [0.2, 0.25) is 0 Å². The third-order valence-electron chi connectivity index (χ3n) is 5.67. The van der Waals surface area contributed by atoms with Crippen molar-refractivity contribution in [2.45, 2.75) is 56.3 Å². The molecule has 16 nitrogen and oxygen atoms in total. The number of hydrogen-bond acceptors (Lipinski definition) is 9. The van der Waals surface area contributed by atoms with Gasteiger partial charge in [0.1, 0.15) is 23.9 Å². The molecule has 216 valence electrons. The van der Waals surface area contributed by atoms with Gasteiger partial charge in [-0.15, -0.1) is 0 Å². The van der Waals surface area contributed by atoms with Crippen molar-refractivity contribution in [3.8, 4) is 5.75 Å². The number of aromatic nitrogens is 2. The lowest BCUT2D eigenvalue weighted by atomic mass is 10.0. The molecule has 12 N–H and O–H groups in total. The van der Waals surface area contributed by atoms with E-state index in [0.29, 0.717) is 11.3 Å². The van der Waals surface area contributed by atoms with E-state index in [-0.39, 0.29) is 31.4 Å². The molecule has 5 amide bonds. The minimum atomic E-state index is -1.41. The smallest absolute Gasteiger partial charge is 0.326 e. The Labute approximate surface area is 228 Å². The van der Waals surface area contributed by atoms with Crippen molar-refractivity contribution < 1.29 is 39.0 Å². The van der Waals surface area contributed by atoms with Crippen molar-refractivity contribution >= 4 is 35.5 Å². The SMILES string of the molecule is NC(=O)CCC(NC(=O)C(Cc1ccc(O)cc1)NC(=O)C(N)CC(N)=O)C(=O)NC(Cc1cnc[nH]1)C(=O)O. The highest BCUT2D eigenvalue weighted by molar-refractivity contribution is 5.95. The number of hydrogen-bond donors (Lipinski definition) is 9. The summed E-state index contributed by atoms with van der Waals surface area (Å²) < 4.78 is 0. The number of carbonyl (C=O) groups excluding carboxylic acids is 5. The Morgan fingerprint density at radius 3 is 2.00 bits per heavy atom. The average Bonchev–Trinajstić information content (AvgIpc) is 3.39. The van der Waals surface area contributed by atoms with Gasteiger partial charge in [-0.2, -0.15) is 0 Å². The topological polar surface area (TPSA) is 286 Å². The molecule has 0 aliphatic rings. The van der Waals surface area contributed by atoms with E-state index in [4.69, 9.17) is 17.2 Å². The van der Waals surface area contributed by atoms with E-state index in [1.807, 2.05) is 0 Å². The number of aromatic amines is 1. The van der Waals surface area contributed by atoms with Crippen LogP contribution in [0, 0.1) is 0 Å². The number of nitrogens with zero attached hydrogens (tertiary/aromatic N) is 1. The molecule has 16 heteroatoms. The number of amides is 5. The molecule has 0 aliphatic carbocycles. The third-order valence-corrected chi connectivity index (χ3v) is 5.67. The molecular formula is C24H32N8O8. The van der Waals surface area contributed by atoms with Crippen molar-refractivity contribution in [1.29, 1.82) is 0 Å². The monoisotopic (exact) mass is 560 g/mol. The molecule has 4 unspecified atom stereocenters. The van der Waals surface area contributed by atoms with Crippen LogP contribution >= 0.6 is 0 Å². The van der Waals surface area contributed by atoms with Crippen LogP contribution in [0.4, 0.5) is 0 Å². The van der Waals surface area contributed by atoms with Crippen LogP contribution in [0.15, 0.2) is 36.8 Å². The maximum atomic E-state index is 13.3. The lowest BCUT2D eigenvalue weighted by Crippen LogP contribution is -2.58. The van der Waals surface area contributed by atoms with Crippen molar-refractivity contribution in [3.05, 3.63) is 48.0 Å². The summed E-state index contributed by atoms with van der Waals surface area (Å²) in [5, 5.41) is 26.3. The van der Waals surface area contributed by atoms with E-state index in [2.05, 4.69) is 25.9 Å². The van der Waals surface area contributed by atoms with Gasteiger partial charge in [0.15, 0.2) is 0 Å². The van der Waals surface area contributed by atoms with Gasteiger partial charge in [0.2, 0.25) is 29.5 Å². The van der Waals surface area contributed by atoms with Crippen molar-refractivity contribution in [1.82, 2.24) is 25.9 Å². The second-order valence-corrected chi connectivity index (χ2v) is 8.96. The molecule has 0 aliphatic heterocycles. The van der Waals surface area contributed by atoms with Gasteiger partial charge in [-0.1, -0.05) is 12.1 Å². The molecule has 2 aromatic rings. The molecule has 0 radical (unpaired) electrons. The van der Waals surface area contributed by atoms with E-state index < -0.39 is 66.1 Å². The molecule has 1 aromatic heterocycles. The number of nitrogens with one attached hydrogen (secondary N) is 4. The number of carboxylic acid groups (broad SMARTS) is 1. The second kappa shape index (κ2) is 14.8. The first-order valence-corrected chi connectivity index (χ1v) is 12.1. The summed E-state index contributed by atoms with van der Waals surface area (Å²) in [5.74, 6) is -5.67. The number of carbonyl (C=O) groups is 6. The number of phenols is 1. The van der Waals surface area contributed by atoms with Gasteiger partial charge >= 0.3 is 5.97 Å². The first-order valence-electron chi connectivity index (χ1n) is 12.1. The minimum Gasteiger partial charge on any atom is -0.508 e. The van der Waals surface area contributed by atoms with E-state index >= 15 is 0 Å². The molecule has 4 atom stereocenters.